The molecule has 0 saturated heterocycles. The molecule has 0 spiro atoms. The summed E-state index contributed by atoms with van der Waals surface area (Å²) in [6, 6.07) is 0. The van der Waals surface area contributed by atoms with Crippen molar-refractivity contribution in [2.45, 2.75) is 32.1 Å². The quantitative estimate of drug-likeness (QED) is 0.535. The van der Waals surface area contributed by atoms with Crippen LogP contribution >= 0.6 is 0 Å². The van der Waals surface area contributed by atoms with Crippen LogP contribution in [0, 0.1) is 5.92 Å². The summed E-state index contributed by atoms with van der Waals surface area (Å²) in [7, 11) is 0. The average Bonchev–Trinajstić information content (AvgIpc) is 2.26. The van der Waals surface area contributed by atoms with E-state index in [4.69, 9.17) is 0 Å². The van der Waals surface area contributed by atoms with Crippen LogP contribution in [-0.2, 0) is 0 Å². The first-order chi connectivity index (χ1) is 6.93. The summed E-state index contributed by atoms with van der Waals surface area (Å²) in [5.74, 6) is 0.821. The Labute approximate surface area is 85.7 Å². The highest BCUT2D eigenvalue weighted by atomic mass is 14.3. The fraction of sp³-hybridized carbons (Fsp3) is 0.429. The molecular weight excluding hydrogens is 168 g/mol. The van der Waals surface area contributed by atoms with E-state index in [0.717, 1.165) is 5.92 Å². The lowest BCUT2D eigenvalue weighted by molar-refractivity contribution is 0.549. The van der Waals surface area contributed by atoms with E-state index in [1.807, 2.05) is 0 Å². The van der Waals surface area contributed by atoms with Crippen LogP contribution in [-0.4, -0.2) is 0 Å². The van der Waals surface area contributed by atoms with Crippen LogP contribution in [0.3, 0.4) is 0 Å². The fourth-order valence-corrected chi connectivity index (χ4v) is 2.77. The Morgan fingerprint density at radius 2 is 1.93 bits per heavy atom. The zero-order chi connectivity index (χ0) is 9.38. The molecule has 0 saturated carbocycles. The summed E-state index contributed by atoms with van der Waals surface area (Å²) in [5.41, 5.74) is 4.80. The van der Waals surface area contributed by atoms with Crippen LogP contribution in [0.2, 0.25) is 0 Å². The molecule has 3 aliphatic rings. The van der Waals surface area contributed by atoms with Gasteiger partial charge in [0.05, 0.1) is 0 Å². The van der Waals surface area contributed by atoms with Gasteiger partial charge in [0.25, 0.3) is 0 Å². The third-order valence-corrected chi connectivity index (χ3v) is 3.58. The van der Waals surface area contributed by atoms with E-state index in [-0.39, 0.29) is 0 Å². The Morgan fingerprint density at radius 1 is 1.00 bits per heavy atom. The van der Waals surface area contributed by atoms with Crippen LogP contribution in [0.5, 0.6) is 0 Å². The van der Waals surface area contributed by atoms with Crippen molar-refractivity contribution in [3.05, 3.63) is 47.1 Å². The molecule has 0 amide bonds. The first-order valence-corrected chi connectivity index (χ1v) is 5.70. The van der Waals surface area contributed by atoms with Crippen molar-refractivity contribution in [2.24, 2.45) is 5.92 Å². The molecule has 0 fully saturated rings. The first-order valence-electron chi connectivity index (χ1n) is 5.70. The van der Waals surface area contributed by atoms with Gasteiger partial charge in [0.1, 0.15) is 0 Å². The zero-order valence-corrected chi connectivity index (χ0v) is 8.50. The molecule has 1 atom stereocenters. The highest BCUT2D eigenvalue weighted by Gasteiger charge is 2.22. The van der Waals surface area contributed by atoms with Crippen molar-refractivity contribution in [3.63, 3.8) is 0 Å². The summed E-state index contributed by atoms with van der Waals surface area (Å²) in [6.45, 7) is 0. The van der Waals surface area contributed by atoms with Gasteiger partial charge >= 0.3 is 0 Å². The average molecular weight is 184 g/mol. The van der Waals surface area contributed by atoms with Gasteiger partial charge in [-0.05, 0) is 54.7 Å². The van der Waals surface area contributed by atoms with Crippen molar-refractivity contribution in [1.29, 1.82) is 0 Å². The van der Waals surface area contributed by atoms with Gasteiger partial charge in [-0.3, -0.25) is 0 Å². The third-order valence-electron chi connectivity index (χ3n) is 3.58. The lowest BCUT2D eigenvalue weighted by Gasteiger charge is -2.29. The fourth-order valence-electron chi connectivity index (χ4n) is 2.77. The van der Waals surface area contributed by atoms with Gasteiger partial charge in [0.2, 0.25) is 0 Å². The second-order valence-corrected chi connectivity index (χ2v) is 4.52. The maximum Gasteiger partial charge on any atom is -0.0118 e. The molecule has 3 aliphatic carbocycles. The summed E-state index contributed by atoms with van der Waals surface area (Å²) < 4.78 is 0. The Kier molecular flexibility index (Phi) is 1.93. The van der Waals surface area contributed by atoms with Crippen LogP contribution in [0.1, 0.15) is 32.1 Å². The molecule has 0 bridgehead atoms. The minimum Gasteiger partial charge on any atom is -0.0842 e. The van der Waals surface area contributed by atoms with E-state index in [2.05, 4.69) is 30.4 Å². The monoisotopic (exact) mass is 184 g/mol. The smallest absolute Gasteiger partial charge is 0.0118 e. The van der Waals surface area contributed by atoms with Crippen LogP contribution in [0.25, 0.3) is 0 Å². The van der Waals surface area contributed by atoms with Crippen molar-refractivity contribution in [2.75, 3.05) is 0 Å². The lowest BCUT2D eigenvalue weighted by atomic mass is 9.76. The lowest BCUT2D eigenvalue weighted by Crippen LogP contribution is -2.13. The topological polar surface area (TPSA) is 0 Å². The number of hydrogen-bond donors (Lipinski definition) is 0. The molecule has 0 aliphatic heterocycles. The van der Waals surface area contributed by atoms with Gasteiger partial charge in [0.15, 0.2) is 0 Å². The minimum absolute atomic E-state index is 0.821. The largest absolute Gasteiger partial charge is 0.0842 e. The molecular formula is C14H16. The molecule has 14 heavy (non-hydrogen) atoms. The first kappa shape index (κ1) is 8.28. The maximum absolute atomic E-state index is 2.45. The predicted molar refractivity (Wildman–Crippen MR) is 60.0 cm³/mol. The van der Waals surface area contributed by atoms with E-state index >= 15 is 0 Å². The molecule has 0 heterocycles. The van der Waals surface area contributed by atoms with Gasteiger partial charge in [-0.25, -0.2) is 0 Å². The van der Waals surface area contributed by atoms with Crippen molar-refractivity contribution < 1.29 is 0 Å². The van der Waals surface area contributed by atoms with Gasteiger partial charge in [-0.2, -0.15) is 0 Å². The Balaban J connectivity index is 1.99. The molecule has 1 unspecified atom stereocenters. The Morgan fingerprint density at radius 3 is 2.93 bits per heavy atom. The van der Waals surface area contributed by atoms with Crippen LogP contribution in [0.4, 0.5) is 0 Å². The molecule has 0 N–H and O–H groups in total. The second kappa shape index (κ2) is 3.27. The van der Waals surface area contributed by atoms with Gasteiger partial charge in [-0.15, -0.1) is 0 Å². The highest BCUT2D eigenvalue weighted by Crippen LogP contribution is 2.38. The minimum atomic E-state index is 0.821. The van der Waals surface area contributed by atoms with Gasteiger partial charge < -0.3 is 0 Å². The van der Waals surface area contributed by atoms with E-state index in [1.165, 1.54) is 32.1 Å². The van der Waals surface area contributed by atoms with Crippen molar-refractivity contribution in [1.82, 2.24) is 0 Å². The molecule has 0 aromatic carbocycles. The number of hydrogen-bond acceptors (Lipinski definition) is 0. The van der Waals surface area contributed by atoms with Crippen molar-refractivity contribution in [3.8, 4) is 0 Å². The summed E-state index contributed by atoms with van der Waals surface area (Å²) in [6.07, 6.45) is 18.2. The molecule has 3 rings (SSSR count). The standard InChI is InChI=1S/C14H16/c1-2-6-12-10-14-8-4-3-7-13(14)9-11(12)5-1/h1,4-5,8-9,12H,2-3,6-7,10H2. The molecule has 0 aromatic heterocycles. The normalized spacial score (nSPS) is 29.7. The second-order valence-electron chi connectivity index (χ2n) is 4.52. The summed E-state index contributed by atoms with van der Waals surface area (Å²) in [5, 5.41) is 0. The number of fused-ring (bicyclic) bond motifs is 1. The Hall–Kier alpha value is -1.04. The molecule has 0 aromatic rings. The summed E-state index contributed by atoms with van der Waals surface area (Å²) >= 11 is 0. The Bertz CT molecular complexity index is 363. The van der Waals surface area contributed by atoms with E-state index in [0.29, 0.717) is 0 Å². The SMILES string of the molecule is C1=CC2=C(C=C3C=CCCC3C2)CC1. The van der Waals surface area contributed by atoms with E-state index < -0.39 is 0 Å². The molecule has 72 valence electrons. The number of allylic oxidation sites excluding steroid dienone is 8. The van der Waals surface area contributed by atoms with Gasteiger partial charge in [0, 0.05) is 0 Å². The van der Waals surface area contributed by atoms with Crippen LogP contribution < -0.4 is 0 Å². The molecule has 0 nitrogen and oxygen atoms in total. The van der Waals surface area contributed by atoms with E-state index in [1.54, 1.807) is 16.7 Å². The molecule has 0 radical (unpaired) electrons. The van der Waals surface area contributed by atoms with Crippen LogP contribution in [0.15, 0.2) is 47.1 Å². The summed E-state index contributed by atoms with van der Waals surface area (Å²) in [4.78, 5) is 0. The molecule has 0 heteroatoms. The number of rotatable bonds is 0. The zero-order valence-electron chi connectivity index (χ0n) is 8.50. The highest BCUT2D eigenvalue weighted by molar-refractivity contribution is 5.46. The van der Waals surface area contributed by atoms with Gasteiger partial charge in [-0.1, -0.05) is 30.4 Å². The third kappa shape index (κ3) is 1.30. The predicted octanol–water partition coefficient (Wildman–Crippen LogP) is 3.93. The maximum atomic E-state index is 2.45. The van der Waals surface area contributed by atoms with Crippen molar-refractivity contribution >= 4 is 0 Å². The van der Waals surface area contributed by atoms with E-state index in [9.17, 15) is 0 Å².